The van der Waals surface area contributed by atoms with Gasteiger partial charge in [0.15, 0.2) is 17.3 Å². The number of ketones is 1. The number of Topliss-reactive ketones (excluding diaryl/α,β-unsaturated/α-hetero) is 1. The van der Waals surface area contributed by atoms with E-state index in [2.05, 4.69) is 10.6 Å². The van der Waals surface area contributed by atoms with Gasteiger partial charge in [0.1, 0.15) is 5.75 Å². The molecule has 2 N–H and O–H groups in total. The largest absolute Gasteiger partial charge is 0.497 e. The summed E-state index contributed by atoms with van der Waals surface area (Å²) in [6.45, 7) is 1.69. The number of hydrogen-bond donors (Lipinski definition) is 2. The summed E-state index contributed by atoms with van der Waals surface area (Å²) >= 11 is 0. The highest BCUT2D eigenvalue weighted by Crippen LogP contribution is 2.47. The Labute approximate surface area is 247 Å². The van der Waals surface area contributed by atoms with E-state index >= 15 is 0 Å². The Balaban J connectivity index is 1.57. The lowest BCUT2D eigenvalue weighted by Gasteiger charge is -2.37. The number of rotatable bonds is 7. The van der Waals surface area contributed by atoms with Crippen LogP contribution in [0.3, 0.4) is 0 Å². The molecular weight excluding hydrogens is 561 g/mol. The van der Waals surface area contributed by atoms with Gasteiger partial charge in [0.2, 0.25) is 0 Å². The van der Waals surface area contributed by atoms with Crippen LogP contribution in [0.4, 0.5) is 18.9 Å². The van der Waals surface area contributed by atoms with E-state index < -0.39 is 23.6 Å². The number of hydrogen-bond acceptors (Lipinski definition) is 6. The number of carbonyl (C=O) groups excluding carboxylic acids is 2. The summed E-state index contributed by atoms with van der Waals surface area (Å²) in [5, 5.41) is 6.09. The molecule has 0 bridgehead atoms. The van der Waals surface area contributed by atoms with Crippen molar-refractivity contribution in [2.45, 2.75) is 37.8 Å². The van der Waals surface area contributed by atoms with Gasteiger partial charge in [0.25, 0.3) is 5.91 Å². The number of dihydropyridines is 1. The van der Waals surface area contributed by atoms with Crippen molar-refractivity contribution in [2.24, 2.45) is 0 Å². The highest BCUT2D eigenvalue weighted by atomic mass is 19.4. The first-order valence-corrected chi connectivity index (χ1v) is 13.6. The highest BCUT2D eigenvalue weighted by Gasteiger charge is 2.42. The van der Waals surface area contributed by atoms with Crippen molar-refractivity contribution in [1.29, 1.82) is 0 Å². The lowest BCUT2D eigenvalue weighted by molar-refractivity contribution is -0.137. The molecule has 1 aliphatic heterocycles. The SMILES string of the molecule is COc1ccc(NC(=O)C2=C(C)NC3=C(C(=O)C[C@H](c4ccc(OC)c(OC)c4)C3)[C@@H]2c2cccc(C(F)(F)F)c2)cc1. The normalized spacial score (nSPS) is 18.5. The molecule has 224 valence electrons. The van der Waals surface area contributed by atoms with Crippen LogP contribution >= 0.6 is 0 Å². The Hall–Kier alpha value is -4.73. The van der Waals surface area contributed by atoms with E-state index in [1.54, 1.807) is 37.3 Å². The Morgan fingerprint density at radius 2 is 1.60 bits per heavy atom. The number of amides is 1. The van der Waals surface area contributed by atoms with Crippen molar-refractivity contribution in [3.63, 3.8) is 0 Å². The number of carbonyl (C=O) groups is 2. The van der Waals surface area contributed by atoms with Gasteiger partial charge in [-0.05, 0) is 72.9 Å². The van der Waals surface area contributed by atoms with Gasteiger partial charge in [0.05, 0.1) is 26.9 Å². The van der Waals surface area contributed by atoms with Crippen LogP contribution in [-0.2, 0) is 15.8 Å². The van der Waals surface area contributed by atoms with Crippen LogP contribution in [0.1, 0.15) is 48.3 Å². The number of allylic oxidation sites excluding steroid dienone is 3. The van der Waals surface area contributed by atoms with Crippen LogP contribution in [0.5, 0.6) is 17.2 Å². The molecule has 0 aromatic heterocycles. The minimum Gasteiger partial charge on any atom is -0.497 e. The van der Waals surface area contributed by atoms with Crippen LogP contribution in [0.2, 0.25) is 0 Å². The molecule has 1 aliphatic carbocycles. The summed E-state index contributed by atoms with van der Waals surface area (Å²) in [7, 11) is 4.59. The van der Waals surface area contributed by atoms with Crippen LogP contribution in [-0.4, -0.2) is 33.0 Å². The molecule has 0 saturated heterocycles. The zero-order chi connectivity index (χ0) is 30.9. The van der Waals surface area contributed by atoms with Gasteiger partial charge >= 0.3 is 6.18 Å². The zero-order valence-electron chi connectivity index (χ0n) is 24.1. The molecule has 0 fully saturated rings. The first kappa shape index (κ1) is 29.8. The van der Waals surface area contributed by atoms with Crippen molar-refractivity contribution in [2.75, 3.05) is 26.6 Å². The molecule has 7 nitrogen and oxygen atoms in total. The molecule has 1 amide bonds. The molecule has 2 atom stereocenters. The van der Waals surface area contributed by atoms with Crippen LogP contribution in [0.25, 0.3) is 0 Å². The average molecular weight is 593 g/mol. The fourth-order valence-corrected chi connectivity index (χ4v) is 5.78. The maximum atomic E-state index is 13.9. The summed E-state index contributed by atoms with van der Waals surface area (Å²) < 4.78 is 57.3. The minimum atomic E-state index is -4.60. The molecule has 3 aromatic rings. The first-order chi connectivity index (χ1) is 20.5. The number of anilines is 1. The average Bonchev–Trinajstić information content (AvgIpc) is 2.99. The van der Waals surface area contributed by atoms with Crippen molar-refractivity contribution in [3.8, 4) is 17.2 Å². The molecule has 43 heavy (non-hydrogen) atoms. The van der Waals surface area contributed by atoms with Gasteiger partial charge in [-0.15, -0.1) is 0 Å². The summed E-state index contributed by atoms with van der Waals surface area (Å²) in [6.07, 6.45) is -4.08. The molecule has 3 aromatic carbocycles. The Morgan fingerprint density at radius 3 is 2.26 bits per heavy atom. The number of alkyl halides is 3. The quantitative estimate of drug-likeness (QED) is 0.317. The summed E-state index contributed by atoms with van der Waals surface area (Å²) in [5.74, 6) is -0.323. The number of halogens is 3. The minimum absolute atomic E-state index is 0.109. The van der Waals surface area contributed by atoms with E-state index in [1.165, 1.54) is 33.5 Å². The Morgan fingerprint density at radius 1 is 0.884 bits per heavy atom. The molecule has 2 aliphatic rings. The van der Waals surface area contributed by atoms with Crippen LogP contribution in [0, 0.1) is 0 Å². The third kappa shape index (κ3) is 5.95. The zero-order valence-corrected chi connectivity index (χ0v) is 24.1. The maximum Gasteiger partial charge on any atom is 0.416 e. The van der Waals surface area contributed by atoms with Gasteiger partial charge in [-0.2, -0.15) is 13.2 Å². The predicted molar refractivity (Wildman–Crippen MR) is 155 cm³/mol. The van der Waals surface area contributed by atoms with E-state index in [9.17, 15) is 22.8 Å². The van der Waals surface area contributed by atoms with E-state index in [1.807, 2.05) is 12.1 Å². The standard InChI is InChI=1S/C33H31F3N2O5/c1-18-29(32(40)38-23-9-11-24(41-2)12-10-23)30(20-6-5-7-22(14-20)33(34,35)36)31-25(37-18)15-21(16-26(31)39)19-8-13-27(42-3)28(17-19)43-4/h5-14,17,21,30,37H,15-16H2,1-4H3,(H,38,40)/t21-,30-/m1/s1. The molecule has 5 rings (SSSR count). The Kier molecular flexibility index (Phi) is 8.21. The lowest BCUT2D eigenvalue weighted by atomic mass is 9.71. The second-order valence-corrected chi connectivity index (χ2v) is 10.4. The first-order valence-electron chi connectivity index (χ1n) is 13.6. The third-order valence-electron chi connectivity index (χ3n) is 7.85. The van der Waals surface area contributed by atoms with Gasteiger partial charge < -0.3 is 24.8 Å². The van der Waals surface area contributed by atoms with Crippen molar-refractivity contribution >= 4 is 17.4 Å². The second-order valence-electron chi connectivity index (χ2n) is 10.4. The fraction of sp³-hybridized carbons (Fsp3) is 0.273. The van der Waals surface area contributed by atoms with Crippen LogP contribution < -0.4 is 24.8 Å². The topological polar surface area (TPSA) is 85.9 Å². The monoisotopic (exact) mass is 592 g/mol. The van der Waals surface area contributed by atoms with E-state index in [4.69, 9.17) is 14.2 Å². The molecular formula is C33H31F3N2O5. The van der Waals surface area contributed by atoms with E-state index in [-0.39, 0.29) is 29.3 Å². The Bertz CT molecular complexity index is 1630. The van der Waals surface area contributed by atoms with Gasteiger partial charge in [0, 0.05) is 40.6 Å². The van der Waals surface area contributed by atoms with Gasteiger partial charge in [-0.3, -0.25) is 9.59 Å². The molecule has 0 spiro atoms. The van der Waals surface area contributed by atoms with E-state index in [0.29, 0.717) is 46.3 Å². The summed E-state index contributed by atoms with van der Waals surface area (Å²) in [6, 6.07) is 17.0. The lowest BCUT2D eigenvalue weighted by Crippen LogP contribution is -2.37. The number of methoxy groups -OCH3 is 3. The van der Waals surface area contributed by atoms with Crippen molar-refractivity contribution in [3.05, 3.63) is 106 Å². The van der Waals surface area contributed by atoms with Gasteiger partial charge in [-0.1, -0.05) is 24.3 Å². The second kappa shape index (κ2) is 11.9. The van der Waals surface area contributed by atoms with Crippen LogP contribution in [0.15, 0.2) is 89.3 Å². The molecule has 10 heteroatoms. The number of benzene rings is 3. The molecule has 0 unspecified atom stereocenters. The molecule has 0 radical (unpaired) electrons. The third-order valence-corrected chi connectivity index (χ3v) is 7.85. The molecule has 1 heterocycles. The maximum absolute atomic E-state index is 13.9. The number of nitrogens with one attached hydrogen (secondary N) is 2. The number of ether oxygens (including phenoxy) is 3. The van der Waals surface area contributed by atoms with Gasteiger partial charge in [-0.25, -0.2) is 0 Å². The fourth-order valence-electron chi connectivity index (χ4n) is 5.78. The summed E-state index contributed by atoms with van der Waals surface area (Å²) in [5.41, 5.74) is 2.18. The summed E-state index contributed by atoms with van der Waals surface area (Å²) in [4.78, 5) is 27.7. The highest BCUT2D eigenvalue weighted by molar-refractivity contribution is 6.10. The van der Waals surface area contributed by atoms with Crippen molar-refractivity contribution in [1.82, 2.24) is 5.32 Å². The molecule has 0 saturated carbocycles. The predicted octanol–water partition coefficient (Wildman–Crippen LogP) is 6.73. The smallest absolute Gasteiger partial charge is 0.416 e. The van der Waals surface area contributed by atoms with E-state index in [0.717, 1.165) is 17.7 Å². The van der Waals surface area contributed by atoms with Crippen molar-refractivity contribution < 1.29 is 37.0 Å².